The number of allylic oxidation sites excluding steroid dienone is 4. The zero-order valence-electron chi connectivity index (χ0n) is 17.5. The Morgan fingerprint density at radius 2 is 1.97 bits per heavy atom. The molecule has 0 N–H and O–H groups in total. The third kappa shape index (κ3) is 5.25. The second-order valence-corrected chi connectivity index (χ2v) is 7.77. The van der Waals surface area contributed by atoms with Gasteiger partial charge in [-0.1, -0.05) is 18.2 Å². The maximum absolute atomic E-state index is 13.2. The Balaban J connectivity index is 1.15. The largest absolute Gasteiger partial charge is 0.493 e. The van der Waals surface area contributed by atoms with Crippen LogP contribution in [0.3, 0.4) is 0 Å². The zero-order valence-corrected chi connectivity index (χ0v) is 17.5. The fourth-order valence-corrected chi connectivity index (χ4v) is 3.83. The standard InChI is InChI=1S/C24H29FN2O3/c1-19-16-21(25)8-9-22(19)28-15-5-10-26-11-13-27(14-12-26)24-18-29-23(17-30-24)20-6-3-2-4-7-20/h2-3,6,8-9,16-18H,4-5,7,10-15H2,1H3. The van der Waals surface area contributed by atoms with E-state index in [9.17, 15) is 4.39 Å². The van der Waals surface area contributed by atoms with Crippen LogP contribution in [-0.4, -0.2) is 49.1 Å². The third-order valence-corrected chi connectivity index (χ3v) is 5.60. The molecule has 0 saturated carbocycles. The highest BCUT2D eigenvalue weighted by Crippen LogP contribution is 2.26. The van der Waals surface area contributed by atoms with Gasteiger partial charge in [0.2, 0.25) is 5.88 Å². The lowest BCUT2D eigenvalue weighted by atomic mass is 10.0. The molecule has 0 amide bonds. The Hall–Kier alpha value is -2.73. The summed E-state index contributed by atoms with van der Waals surface area (Å²) in [6, 6.07) is 4.64. The van der Waals surface area contributed by atoms with Crippen molar-refractivity contribution >= 4 is 0 Å². The maximum Gasteiger partial charge on any atom is 0.231 e. The van der Waals surface area contributed by atoms with Crippen LogP contribution in [0.2, 0.25) is 0 Å². The highest BCUT2D eigenvalue weighted by atomic mass is 19.1. The summed E-state index contributed by atoms with van der Waals surface area (Å²) in [5.41, 5.74) is 2.01. The molecule has 0 atom stereocenters. The molecule has 1 fully saturated rings. The second-order valence-electron chi connectivity index (χ2n) is 7.77. The first kappa shape index (κ1) is 20.5. The molecule has 0 unspecified atom stereocenters. The molecule has 160 valence electrons. The van der Waals surface area contributed by atoms with Gasteiger partial charge in [-0.05, 0) is 55.5 Å². The van der Waals surface area contributed by atoms with Crippen molar-refractivity contribution < 1.29 is 18.6 Å². The number of hydrogen-bond acceptors (Lipinski definition) is 5. The molecule has 0 spiro atoms. The zero-order chi connectivity index (χ0) is 20.8. The molecule has 1 aromatic rings. The number of halogens is 1. The lowest BCUT2D eigenvalue weighted by Gasteiger charge is -2.36. The second kappa shape index (κ2) is 9.85. The van der Waals surface area contributed by atoms with Crippen molar-refractivity contribution in [2.45, 2.75) is 26.2 Å². The number of ether oxygens (including phenoxy) is 3. The van der Waals surface area contributed by atoms with Gasteiger partial charge in [-0.2, -0.15) is 0 Å². The maximum atomic E-state index is 13.2. The van der Waals surface area contributed by atoms with Gasteiger partial charge >= 0.3 is 0 Å². The topological polar surface area (TPSA) is 34.2 Å². The van der Waals surface area contributed by atoms with Crippen molar-refractivity contribution in [1.29, 1.82) is 0 Å². The number of benzene rings is 1. The molecule has 30 heavy (non-hydrogen) atoms. The van der Waals surface area contributed by atoms with E-state index in [2.05, 4.69) is 28.0 Å². The molecule has 1 aromatic carbocycles. The summed E-state index contributed by atoms with van der Waals surface area (Å²) < 4.78 is 30.6. The summed E-state index contributed by atoms with van der Waals surface area (Å²) in [4.78, 5) is 4.65. The molecule has 2 aliphatic heterocycles. The van der Waals surface area contributed by atoms with E-state index in [1.54, 1.807) is 18.6 Å². The molecule has 0 radical (unpaired) electrons. The van der Waals surface area contributed by atoms with Gasteiger partial charge in [0, 0.05) is 32.7 Å². The van der Waals surface area contributed by atoms with Crippen molar-refractivity contribution in [1.82, 2.24) is 9.80 Å². The van der Waals surface area contributed by atoms with Gasteiger partial charge in [0.15, 0.2) is 12.0 Å². The van der Waals surface area contributed by atoms with Crippen molar-refractivity contribution in [3.63, 3.8) is 0 Å². The summed E-state index contributed by atoms with van der Waals surface area (Å²) >= 11 is 0. The summed E-state index contributed by atoms with van der Waals surface area (Å²) in [6.45, 7) is 7.24. The lowest BCUT2D eigenvalue weighted by molar-refractivity contribution is 0.0823. The number of piperazine rings is 1. The molecule has 1 aliphatic carbocycles. The van der Waals surface area contributed by atoms with E-state index in [0.29, 0.717) is 6.61 Å². The van der Waals surface area contributed by atoms with Crippen LogP contribution in [0.15, 0.2) is 66.2 Å². The fourth-order valence-electron chi connectivity index (χ4n) is 3.83. The molecular weight excluding hydrogens is 383 g/mol. The van der Waals surface area contributed by atoms with Crippen molar-refractivity contribution in [2.75, 3.05) is 39.3 Å². The molecular formula is C24H29FN2O3. The third-order valence-electron chi connectivity index (χ3n) is 5.60. The first-order valence-corrected chi connectivity index (χ1v) is 10.6. The van der Waals surface area contributed by atoms with E-state index >= 15 is 0 Å². The molecule has 6 heteroatoms. The van der Waals surface area contributed by atoms with Crippen LogP contribution in [0, 0.1) is 12.7 Å². The van der Waals surface area contributed by atoms with E-state index in [-0.39, 0.29) is 5.82 Å². The van der Waals surface area contributed by atoms with Crippen LogP contribution in [0.5, 0.6) is 5.75 Å². The quantitative estimate of drug-likeness (QED) is 0.617. The van der Waals surface area contributed by atoms with Gasteiger partial charge in [-0.25, -0.2) is 4.39 Å². The molecule has 0 bridgehead atoms. The van der Waals surface area contributed by atoms with Gasteiger partial charge in [-0.15, -0.1) is 0 Å². The Morgan fingerprint density at radius 1 is 1.10 bits per heavy atom. The number of nitrogens with zero attached hydrogens (tertiary/aromatic N) is 2. The molecule has 0 aromatic heterocycles. The molecule has 4 rings (SSSR count). The molecule has 1 saturated heterocycles. The van der Waals surface area contributed by atoms with Crippen LogP contribution in [-0.2, 0) is 9.47 Å². The van der Waals surface area contributed by atoms with E-state index < -0.39 is 0 Å². The van der Waals surface area contributed by atoms with Gasteiger partial charge < -0.3 is 19.1 Å². The van der Waals surface area contributed by atoms with E-state index in [0.717, 1.165) is 74.9 Å². The van der Waals surface area contributed by atoms with E-state index in [1.165, 1.54) is 17.7 Å². The van der Waals surface area contributed by atoms with Crippen LogP contribution in [0.1, 0.15) is 24.8 Å². The summed E-state index contributed by atoms with van der Waals surface area (Å²) in [6.07, 6.45) is 12.7. The Bertz CT molecular complexity index is 867. The minimum Gasteiger partial charge on any atom is -0.493 e. The number of hydrogen-bond donors (Lipinski definition) is 0. The predicted octanol–water partition coefficient (Wildman–Crippen LogP) is 4.48. The summed E-state index contributed by atoms with van der Waals surface area (Å²) in [5.74, 6) is 2.11. The number of rotatable bonds is 7. The molecule has 2 heterocycles. The Labute approximate surface area is 177 Å². The van der Waals surface area contributed by atoms with Crippen molar-refractivity contribution in [3.05, 3.63) is 77.5 Å². The van der Waals surface area contributed by atoms with E-state index in [1.807, 2.05) is 6.92 Å². The van der Waals surface area contributed by atoms with Crippen molar-refractivity contribution in [3.8, 4) is 5.75 Å². The van der Waals surface area contributed by atoms with Crippen LogP contribution >= 0.6 is 0 Å². The minimum absolute atomic E-state index is 0.227. The van der Waals surface area contributed by atoms with Crippen LogP contribution < -0.4 is 4.74 Å². The fraction of sp³-hybridized carbons (Fsp3) is 0.417. The van der Waals surface area contributed by atoms with Gasteiger partial charge in [0.05, 0.1) is 6.61 Å². The monoisotopic (exact) mass is 412 g/mol. The lowest BCUT2D eigenvalue weighted by Crippen LogP contribution is -2.46. The smallest absolute Gasteiger partial charge is 0.231 e. The van der Waals surface area contributed by atoms with Gasteiger partial charge in [0.1, 0.15) is 17.8 Å². The SMILES string of the molecule is Cc1cc(F)ccc1OCCCN1CCN(C2=COC(C3=CC=CCC3)=CO2)CC1. The number of aryl methyl sites for hydroxylation is 1. The van der Waals surface area contributed by atoms with Crippen LogP contribution in [0.4, 0.5) is 4.39 Å². The summed E-state index contributed by atoms with van der Waals surface area (Å²) in [5, 5.41) is 0. The predicted molar refractivity (Wildman–Crippen MR) is 114 cm³/mol. The molecule has 3 aliphatic rings. The first-order valence-electron chi connectivity index (χ1n) is 10.6. The molecule has 5 nitrogen and oxygen atoms in total. The van der Waals surface area contributed by atoms with Gasteiger partial charge in [0.25, 0.3) is 0 Å². The average molecular weight is 413 g/mol. The Morgan fingerprint density at radius 3 is 2.67 bits per heavy atom. The average Bonchev–Trinajstić information content (AvgIpc) is 2.79. The van der Waals surface area contributed by atoms with Gasteiger partial charge in [-0.3, -0.25) is 4.90 Å². The normalized spacial score (nSPS) is 19.4. The highest BCUT2D eigenvalue weighted by Gasteiger charge is 2.22. The van der Waals surface area contributed by atoms with E-state index in [4.69, 9.17) is 14.2 Å². The first-order chi connectivity index (χ1) is 14.7. The highest BCUT2D eigenvalue weighted by molar-refractivity contribution is 5.33. The summed E-state index contributed by atoms with van der Waals surface area (Å²) in [7, 11) is 0. The van der Waals surface area contributed by atoms with Crippen LogP contribution in [0.25, 0.3) is 0 Å². The minimum atomic E-state index is -0.227. The Kier molecular flexibility index (Phi) is 6.74. The van der Waals surface area contributed by atoms with Crippen molar-refractivity contribution in [2.24, 2.45) is 0 Å².